The predicted molar refractivity (Wildman–Crippen MR) is 337 cm³/mol. The van der Waals surface area contributed by atoms with E-state index in [2.05, 4.69) is 301 Å². The van der Waals surface area contributed by atoms with Crippen molar-refractivity contribution in [2.45, 2.75) is 17.8 Å². The van der Waals surface area contributed by atoms with Crippen LogP contribution in [0.15, 0.2) is 288 Å². The summed E-state index contributed by atoms with van der Waals surface area (Å²) in [5.74, 6) is 0.608. The monoisotopic (exact) mass is 1240 g/mol. The van der Waals surface area contributed by atoms with Gasteiger partial charge in [0, 0.05) is 12.5 Å². The maximum absolute atomic E-state index is 9.13. The van der Waals surface area contributed by atoms with E-state index >= 15 is 0 Å². The molecule has 0 aliphatic heterocycles. The molecular weight excluding hydrogens is 1190 g/mol. The van der Waals surface area contributed by atoms with Crippen LogP contribution in [0.1, 0.15) is 50.1 Å². The number of aryl methyl sites for hydroxylation is 1. The Hall–Kier alpha value is -6.64. The third kappa shape index (κ3) is 10.6. The Labute approximate surface area is 480 Å². The van der Waals surface area contributed by atoms with E-state index in [9.17, 15) is 0 Å². The van der Waals surface area contributed by atoms with Gasteiger partial charge in [0.15, 0.2) is 0 Å². The van der Waals surface area contributed by atoms with Gasteiger partial charge in [-0.2, -0.15) is 0 Å². The summed E-state index contributed by atoms with van der Waals surface area (Å²) in [6.45, 7) is 2.10. The highest BCUT2D eigenvalue weighted by atomic mass is 127. The number of halogens is 3. The zero-order valence-corrected chi connectivity index (χ0v) is 48.2. The zero-order valence-electron chi connectivity index (χ0n) is 41.7. The Morgan fingerprint density at radius 1 is 0.395 bits per heavy atom. The van der Waals surface area contributed by atoms with E-state index in [1.165, 1.54) is 86.8 Å². The molecule has 0 heterocycles. The topological polar surface area (TPSA) is 29.5 Å². The third-order valence-electron chi connectivity index (χ3n) is 14.2. The molecule has 0 amide bonds. The fraction of sp³-hybridized carbons (Fsp3) is 0.0435. The minimum atomic E-state index is -0.441. The minimum Gasteiger partial charge on any atom is -0.537 e. The van der Waals surface area contributed by atoms with Gasteiger partial charge in [-0.1, -0.05) is 262 Å². The molecule has 7 heteroatoms. The second-order valence-corrected chi connectivity index (χ2v) is 22.3. The smallest absolute Gasteiger partial charge is 0.537 e. The Balaban J connectivity index is 0.000000135. The van der Waals surface area contributed by atoms with Gasteiger partial charge in [-0.3, -0.25) is 0 Å². The van der Waals surface area contributed by atoms with E-state index in [1.54, 1.807) is 0 Å². The maximum atomic E-state index is 9.13. The number of benzene rings is 11. The van der Waals surface area contributed by atoms with Crippen molar-refractivity contribution in [2.24, 2.45) is 0 Å². The van der Waals surface area contributed by atoms with Crippen molar-refractivity contribution in [3.05, 3.63) is 342 Å². The molecule has 1 unspecified atom stereocenters. The fourth-order valence-electron chi connectivity index (χ4n) is 10.9. The zero-order chi connectivity index (χ0) is 52.5. The summed E-state index contributed by atoms with van der Waals surface area (Å²) in [6, 6.07) is 98.5. The maximum Gasteiger partial charge on any atom is 0.569 e. The van der Waals surface area contributed by atoms with Gasteiger partial charge in [-0.05, 0) is 167 Å². The summed E-state index contributed by atoms with van der Waals surface area (Å²) >= 11 is 9.27. The van der Waals surface area contributed by atoms with E-state index in [0.717, 1.165) is 22.2 Å². The molecule has 11 aromatic carbocycles. The number of rotatable bonds is 7. The van der Waals surface area contributed by atoms with Gasteiger partial charge in [0.2, 0.25) is 0 Å². The summed E-state index contributed by atoms with van der Waals surface area (Å²) in [5, 5.41) is 10.4. The van der Waals surface area contributed by atoms with Crippen LogP contribution in [-0.4, -0.2) is 12.7 Å². The largest absolute Gasteiger partial charge is 0.569 e. The lowest BCUT2D eigenvalue weighted by molar-refractivity contribution is 0.453. The summed E-state index contributed by atoms with van der Waals surface area (Å²) in [4.78, 5) is 0. The third-order valence-corrected chi connectivity index (χ3v) is 16.5. The molecule has 1 N–H and O–H groups in total. The Morgan fingerprint density at radius 2 is 0.776 bits per heavy atom. The lowest BCUT2D eigenvalue weighted by Crippen LogP contribution is -2.28. The lowest BCUT2D eigenvalue weighted by atomic mass is 9.67. The van der Waals surface area contributed by atoms with Crippen molar-refractivity contribution in [3.8, 4) is 39.1 Å². The Morgan fingerprint density at radius 3 is 1.20 bits per heavy atom. The summed E-state index contributed by atoms with van der Waals surface area (Å²) in [6.07, 6.45) is 0. The minimum absolute atomic E-state index is 0.351. The van der Waals surface area contributed by atoms with Crippen molar-refractivity contribution in [3.63, 3.8) is 0 Å². The molecule has 76 heavy (non-hydrogen) atoms. The second kappa shape index (κ2) is 24.1. The second-order valence-electron chi connectivity index (χ2n) is 18.6. The first-order valence-electron chi connectivity index (χ1n) is 25.0. The summed E-state index contributed by atoms with van der Waals surface area (Å²) in [5.41, 5.74) is 18.2. The molecule has 0 saturated heterocycles. The predicted octanol–water partition coefficient (Wildman–Crippen LogP) is 18.0. The summed E-state index contributed by atoms with van der Waals surface area (Å²) in [7, 11) is 3.41. The van der Waals surface area contributed by atoms with Gasteiger partial charge in [-0.15, -0.1) is 9.24 Å². The molecule has 11 aromatic rings. The van der Waals surface area contributed by atoms with Crippen molar-refractivity contribution in [2.75, 3.05) is 0 Å². The van der Waals surface area contributed by atoms with Crippen molar-refractivity contribution >= 4 is 76.7 Å². The standard InChI is InChI=1S/C31H21Br.C25H18BO2.C7H9P.C6H4BrI/c32-26-15-9-11-23(21-26)22-10-8-14-25(20-22)31(24-12-2-1-3-13-24)29-18-6-4-16-27(29)28-17-5-7-19-30(28)31;27-26-28-20-12-8-11-19(17-20)25(18-9-2-1-3-10-18)23-15-6-4-13-21(23)22-14-5-7-16-24(22)25;1-6-4-2-3-5-7(6)8;7-5-2-1-3-6(8)4-5/h1-21H;1-17,27H;2-5H,8H2,1H3;1-4H. The van der Waals surface area contributed by atoms with Gasteiger partial charge in [0.05, 0.1) is 10.8 Å². The highest BCUT2D eigenvalue weighted by molar-refractivity contribution is 14.1. The molecule has 1 atom stereocenters. The van der Waals surface area contributed by atoms with Gasteiger partial charge in [0.1, 0.15) is 5.75 Å². The molecule has 13 rings (SSSR count). The SMILES string of the molecule is Brc1cccc(-c2cccc(C3(c4ccccc4)c4ccccc4-c4ccccc43)c2)c1.Brc1cccc(I)c1.Cc1ccccc1P.O[B]Oc1cccc(C2(c3ccccc3)c3ccccc3-c3ccccc32)c1. The molecule has 0 fully saturated rings. The molecule has 1 radical (unpaired) electrons. The van der Waals surface area contributed by atoms with Crippen LogP contribution in [0.2, 0.25) is 0 Å². The Bertz CT molecular complexity index is 3640. The first-order chi connectivity index (χ1) is 37.2. The highest BCUT2D eigenvalue weighted by Crippen LogP contribution is 2.58. The van der Waals surface area contributed by atoms with Crippen LogP contribution in [0.25, 0.3) is 33.4 Å². The molecule has 2 aliphatic rings. The van der Waals surface area contributed by atoms with E-state index < -0.39 is 5.41 Å². The van der Waals surface area contributed by atoms with Crippen LogP contribution in [0, 0.1) is 10.5 Å². The molecule has 0 bridgehead atoms. The lowest BCUT2D eigenvalue weighted by Gasteiger charge is -2.34. The molecule has 2 nitrogen and oxygen atoms in total. The normalized spacial score (nSPS) is 12.6. The first kappa shape index (κ1) is 52.8. The molecular formula is C69H52BBr2IO2P. The Kier molecular flexibility index (Phi) is 16.8. The first-order valence-corrected chi connectivity index (χ1v) is 28.3. The van der Waals surface area contributed by atoms with Gasteiger partial charge < -0.3 is 9.68 Å². The average molecular weight is 1240 g/mol. The highest BCUT2D eigenvalue weighted by Gasteiger charge is 2.47. The van der Waals surface area contributed by atoms with E-state index in [4.69, 9.17) is 9.68 Å². The van der Waals surface area contributed by atoms with E-state index in [0.29, 0.717) is 5.75 Å². The number of fused-ring (bicyclic) bond motifs is 6. The van der Waals surface area contributed by atoms with Crippen LogP contribution in [0.5, 0.6) is 5.75 Å². The molecule has 0 saturated carbocycles. The van der Waals surface area contributed by atoms with Crippen LogP contribution in [0.3, 0.4) is 0 Å². The van der Waals surface area contributed by atoms with Crippen LogP contribution < -0.4 is 9.96 Å². The number of hydrogen-bond donors (Lipinski definition) is 1. The van der Waals surface area contributed by atoms with Crippen molar-refractivity contribution in [1.29, 1.82) is 0 Å². The van der Waals surface area contributed by atoms with Gasteiger partial charge in [0.25, 0.3) is 0 Å². The van der Waals surface area contributed by atoms with E-state index in [1.807, 2.05) is 48.5 Å². The molecule has 0 aromatic heterocycles. The van der Waals surface area contributed by atoms with E-state index in [-0.39, 0.29) is 5.41 Å². The molecule has 0 spiro atoms. The molecule has 369 valence electrons. The van der Waals surface area contributed by atoms with Crippen LogP contribution in [0.4, 0.5) is 0 Å². The average Bonchev–Trinajstić information content (AvgIpc) is 4.05. The van der Waals surface area contributed by atoms with Gasteiger partial charge in [-0.25, -0.2) is 0 Å². The van der Waals surface area contributed by atoms with Crippen molar-refractivity contribution in [1.82, 2.24) is 0 Å². The van der Waals surface area contributed by atoms with Crippen LogP contribution in [-0.2, 0) is 10.8 Å². The van der Waals surface area contributed by atoms with Crippen LogP contribution >= 0.6 is 63.7 Å². The molecule has 2 aliphatic carbocycles. The number of hydrogen-bond acceptors (Lipinski definition) is 2. The quantitative estimate of drug-likeness (QED) is 0.0979. The van der Waals surface area contributed by atoms with Crippen molar-refractivity contribution < 1.29 is 9.68 Å². The fourth-order valence-corrected chi connectivity index (χ4v) is 12.9. The summed E-state index contributed by atoms with van der Waals surface area (Å²) < 4.78 is 8.79. The van der Waals surface area contributed by atoms with Gasteiger partial charge >= 0.3 is 7.69 Å².